The third-order valence-corrected chi connectivity index (χ3v) is 2.95. The van der Waals surface area contributed by atoms with E-state index >= 15 is 0 Å². The molecule has 0 saturated heterocycles. The average Bonchev–Trinajstić information content (AvgIpc) is 2.40. The molecule has 0 aromatic rings. The molecule has 0 unspecified atom stereocenters. The summed E-state index contributed by atoms with van der Waals surface area (Å²) in [5.74, 6) is 0. The Morgan fingerprint density at radius 3 is 2.32 bits per heavy atom. The predicted octanol–water partition coefficient (Wildman–Crippen LogP) is 3.61. The number of methoxy groups -OCH3 is 2. The van der Waals surface area contributed by atoms with E-state index in [0.717, 1.165) is 31.3 Å². The van der Waals surface area contributed by atoms with Crippen molar-refractivity contribution in [2.24, 2.45) is 0 Å². The number of ether oxygens (including phenoxy) is 2. The third kappa shape index (κ3) is 8.76. The van der Waals surface area contributed by atoms with Gasteiger partial charge in [0.15, 0.2) is 6.29 Å². The summed E-state index contributed by atoms with van der Waals surface area (Å²) in [6.07, 6.45) is 11.9. The molecule has 0 saturated carbocycles. The first kappa shape index (κ1) is 18.1. The van der Waals surface area contributed by atoms with E-state index in [-0.39, 0.29) is 12.9 Å². The zero-order valence-electron chi connectivity index (χ0n) is 12.7. The minimum absolute atomic E-state index is 0.0164. The van der Waals surface area contributed by atoms with Crippen LogP contribution in [0.1, 0.15) is 39.5 Å². The number of allylic oxidation sites excluding steroid dienone is 4. The van der Waals surface area contributed by atoms with Gasteiger partial charge in [-0.25, -0.2) is 0 Å². The highest BCUT2D eigenvalue weighted by atomic mass is 16.7. The largest absolute Gasteiger partial charge is 0.392 e. The van der Waals surface area contributed by atoms with Gasteiger partial charge >= 0.3 is 0 Å². The smallest absolute Gasteiger partial charge is 0.179 e. The monoisotopic (exact) mass is 268 g/mol. The van der Waals surface area contributed by atoms with Gasteiger partial charge in [-0.2, -0.15) is 0 Å². The van der Waals surface area contributed by atoms with Crippen LogP contribution in [0, 0.1) is 0 Å². The fourth-order valence-corrected chi connectivity index (χ4v) is 1.90. The van der Waals surface area contributed by atoms with Crippen LogP contribution < -0.4 is 0 Å². The predicted molar refractivity (Wildman–Crippen MR) is 80.0 cm³/mol. The lowest BCUT2D eigenvalue weighted by Crippen LogP contribution is -2.16. The lowest BCUT2D eigenvalue weighted by molar-refractivity contribution is -0.0769. The van der Waals surface area contributed by atoms with Crippen molar-refractivity contribution in [3.05, 3.63) is 35.5 Å². The van der Waals surface area contributed by atoms with E-state index in [4.69, 9.17) is 14.6 Å². The minimum Gasteiger partial charge on any atom is -0.392 e. The van der Waals surface area contributed by atoms with Gasteiger partial charge in [0.25, 0.3) is 0 Å². The van der Waals surface area contributed by atoms with Gasteiger partial charge in [-0.1, -0.05) is 29.9 Å². The fraction of sp³-hybridized carbons (Fsp3) is 0.625. The Hall–Kier alpha value is -0.900. The topological polar surface area (TPSA) is 38.7 Å². The summed E-state index contributed by atoms with van der Waals surface area (Å²) in [6, 6.07) is 0. The molecule has 0 heterocycles. The maximum absolute atomic E-state index is 9.02. The molecule has 0 fully saturated rings. The molecule has 0 aromatic heterocycles. The number of hydrogen-bond donors (Lipinski definition) is 1. The maximum Gasteiger partial charge on any atom is 0.179 e. The molecule has 1 N–H and O–H groups in total. The van der Waals surface area contributed by atoms with Crippen molar-refractivity contribution in [2.75, 3.05) is 20.8 Å². The third-order valence-electron chi connectivity index (χ3n) is 2.95. The van der Waals surface area contributed by atoms with Crippen LogP contribution in [0.5, 0.6) is 0 Å². The van der Waals surface area contributed by atoms with Crippen LogP contribution in [0.3, 0.4) is 0 Å². The van der Waals surface area contributed by atoms with Crippen molar-refractivity contribution in [3.8, 4) is 0 Å². The van der Waals surface area contributed by atoms with Gasteiger partial charge in [-0.05, 0) is 45.1 Å². The van der Waals surface area contributed by atoms with E-state index in [1.54, 1.807) is 20.3 Å². The zero-order chi connectivity index (χ0) is 14.5. The van der Waals surface area contributed by atoms with E-state index in [1.807, 2.05) is 6.92 Å². The fourth-order valence-electron chi connectivity index (χ4n) is 1.90. The molecule has 0 atom stereocenters. The van der Waals surface area contributed by atoms with Gasteiger partial charge in [-0.3, -0.25) is 0 Å². The second-order valence-electron chi connectivity index (χ2n) is 4.46. The number of hydrogen-bond acceptors (Lipinski definition) is 3. The highest BCUT2D eigenvalue weighted by Gasteiger charge is 2.11. The molecule has 19 heavy (non-hydrogen) atoms. The van der Waals surface area contributed by atoms with Gasteiger partial charge in [0.05, 0.1) is 6.61 Å². The molecular weight excluding hydrogens is 240 g/mol. The van der Waals surface area contributed by atoms with Crippen molar-refractivity contribution in [1.29, 1.82) is 0 Å². The highest BCUT2D eigenvalue weighted by molar-refractivity contribution is 5.09. The van der Waals surface area contributed by atoms with Crippen LogP contribution in [-0.4, -0.2) is 32.2 Å². The first-order valence-electron chi connectivity index (χ1n) is 6.81. The van der Waals surface area contributed by atoms with Crippen LogP contribution in [-0.2, 0) is 9.47 Å². The Kier molecular flexibility index (Phi) is 11.6. The van der Waals surface area contributed by atoms with Gasteiger partial charge in [0.1, 0.15) is 0 Å². The Balaban J connectivity index is 4.25. The van der Waals surface area contributed by atoms with Crippen molar-refractivity contribution in [3.63, 3.8) is 0 Å². The standard InChI is InChI=1S/C16H28O3/c1-5-6-7-9-14(2)10-8-11-15(12-13-17)16(18-3)19-4/h5-6,10,12,16-17H,7-9,11,13H2,1-4H3/b6-5+,14-10+,15-12-. The summed E-state index contributed by atoms with van der Waals surface area (Å²) in [6.45, 7) is 4.21. The van der Waals surface area contributed by atoms with Gasteiger partial charge in [0, 0.05) is 14.2 Å². The summed E-state index contributed by atoms with van der Waals surface area (Å²) in [7, 11) is 3.22. The number of aliphatic hydroxyl groups is 1. The summed E-state index contributed by atoms with van der Waals surface area (Å²) >= 11 is 0. The molecule has 0 aromatic carbocycles. The molecular formula is C16H28O3. The van der Waals surface area contributed by atoms with Gasteiger partial charge in [0.2, 0.25) is 0 Å². The molecule has 0 amide bonds. The zero-order valence-corrected chi connectivity index (χ0v) is 12.7. The Bertz CT molecular complexity index is 299. The number of aliphatic hydroxyl groups excluding tert-OH is 1. The molecule has 0 aliphatic heterocycles. The molecule has 0 aliphatic rings. The first-order chi connectivity index (χ1) is 9.19. The minimum atomic E-state index is -0.358. The number of rotatable bonds is 10. The van der Waals surface area contributed by atoms with E-state index in [9.17, 15) is 0 Å². The Morgan fingerprint density at radius 1 is 1.11 bits per heavy atom. The van der Waals surface area contributed by atoms with Crippen molar-refractivity contribution < 1.29 is 14.6 Å². The summed E-state index contributed by atoms with van der Waals surface area (Å²) < 4.78 is 10.4. The van der Waals surface area contributed by atoms with Crippen LogP contribution in [0.25, 0.3) is 0 Å². The molecule has 0 rings (SSSR count). The van der Waals surface area contributed by atoms with E-state index < -0.39 is 0 Å². The SMILES string of the molecule is C/C=C/CC/C(C)=C/CC/C(=C/CO)C(OC)OC. The molecule has 3 nitrogen and oxygen atoms in total. The maximum atomic E-state index is 9.02. The molecule has 0 bridgehead atoms. The molecule has 110 valence electrons. The van der Waals surface area contributed by atoms with Crippen LogP contribution >= 0.6 is 0 Å². The molecule has 0 radical (unpaired) electrons. The van der Waals surface area contributed by atoms with Crippen LogP contribution in [0.4, 0.5) is 0 Å². The second kappa shape index (κ2) is 12.2. The summed E-state index contributed by atoms with van der Waals surface area (Å²) in [5, 5.41) is 9.02. The highest BCUT2D eigenvalue weighted by Crippen LogP contribution is 2.16. The van der Waals surface area contributed by atoms with E-state index in [0.29, 0.717) is 0 Å². The quantitative estimate of drug-likeness (QED) is 0.486. The van der Waals surface area contributed by atoms with E-state index in [2.05, 4.69) is 25.2 Å². The Morgan fingerprint density at radius 2 is 1.79 bits per heavy atom. The van der Waals surface area contributed by atoms with Crippen LogP contribution in [0.15, 0.2) is 35.5 Å². The Labute approximate surface area is 117 Å². The van der Waals surface area contributed by atoms with Crippen molar-refractivity contribution in [1.82, 2.24) is 0 Å². The average molecular weight is 268 g/mol. The molecule has 3 heteroatoms. The van der Waals surface area contributed by atoms with Crippen LogP contribution in [0.2, 0.25) is 0 Å². The van der Waals surface area contributed by atoms with Crippen molar-refractivity contribution in [2.45, 2.75) is 45.8 Å². The van der Waals surface area contributed by atoms with Gasteiger partial charge in [-0.15, -0.1) is 0 Å². The first-order valence-corrected chi connectivity index (χ1v) is 6.81. The van der Waals surface area contributed by atoms with Gasteiger partial charge < -0.3 is 14.6 Å². The molecule has 0 spiro atoms. The van der Waals surface area contributed by atoms with Crippen molar-refractivity contribution >= 4 is 0 Å². The summed E-state index contributed by atoms with van der Waals surface area (Å²) in [4.78, 5) is 0. The van der Waals surface area contributed by atoms with E-state index in [1.165, 1.54) is 5.57 Å². The molecule has 0 aliphatic carbocycles. The normalized spacial score (nSPS) is 13.8. The summed E-state index contributed by atoms with van der Waals surface area (Å²) in [5.41, 5.74) is 2.39. The second-order valence-corrected chi connectivity index (χ2v) is 4.46. The lowest BCUT2D eigenvalue weighted by atomic mass is 10.1. The lowest BCUT2D eigenvalue weighted by Gasteiger charge is -2.17.